The van der Waals surface area contributed by atoms with Crippen molar-refractivity contribution >= 4 is 5.91 Å². The molecule has 1 rings (SSSR count). The molecule has 0 aliphatic carbocycles. The van der Waals surface area contributed by atoms with Gasteiger partial charge in [0.2, 0.25) is 5.91 Å². The molecule has 0 aromatic carbocycles. The lowest BCUT2D eigenvalue weighted by Crippen LogP contribution is -2.60. The zero-order chi connectivity index (χ0) is 51.5. The van der Waals surface area contributed by atoms with E-state index in [0.717, 1.165) is 44.9 Å². The summed E-state index contributed by atoms with van der Waals surface area (Å²) in [4.78, 5) is 13.0. The number of aliphatic hydroxyl groups excluding tert-OH is 5. The number of allylic oxidation sites excluding steroid dienone is 5. The summed E-state index contributed by atoms with van der Waals surface area (Å²) in [6.07, 6.45) is 60.9. The molecule has 7 unspecified atom stereocenters. The molecule has 418 valence electrons. The second-order valence-electron chi connectivity index (χ2n) is 21.5. The highest BCUT2D eigenvalue weighted by Crippen LogP contribution is 2.23. The predicted molar refractivity (Wildman–Crippen MR) is 300 cm³/mol. The van der Waals surface area contributed by atoms with Gasteiger partial charge in [0.15, 0.2) is 6.29 Å². The zero-order valence-electron chi connectivity index (χ0n) is 46.5. The average Bonchev–Trinajstić information content (AvgIpc) is 3.37. The van der Waals surface area contributed by atoms with Crippen molar-refractivity contribution in [2.75, 3.05) is 13.2 Å². The first kappa shape index (κ1) is 67.4. The van der Waals surface area contributed by atoms with Crippen LogP contribution in [-0.4, -0.2) is 87.5 Å². The minimum Gasteiger partial charge on any atom is -0.394 e. The lowest BCUT2D eigenvalue weighted by molar-refractivity contribution is -0.302. The van der Waals surface area contributed by atoms with Crippen LogP contribution < -0.4 is 5.32 Å². The normalized spacial score (nSPS) is 19.5. The molecule has 1 aliphatic rings. The number of unbranched alkanes of at least 4 members (excludes halogenated alkanes) is 39. The van der Waals surface area contributed by atoms with E-state index in [1.807, 2.05) is 6.08 Å². The summed E-state index contributed by atoms with van der Waals surface area (Å²) in [5, 5.41) is 54.5. The minimum atomic E-state index is -1.57. The molecule has 0 aromatic heterocycles. The van der Waals surface area contributed by atoms with E-state index in [0.29, 0.717) is 6.42 Å². The van der Waals surface area contributed by atoms with Crippen molar-refractivity contribution in [2.24, 2.45) is 0 Å². The molecule has 0 bridgehead atoms. The largest absolute Gasteiger partial charge is 0.394 e. The maximum absolute atomic E-state index is 13.0. The topological polar surface area (TPSA) is 149 Å². The van der Waals surface area contributed by atoms with Gasteiger partial charge in [0.25, 0.3) is 0 Å². The van der Waals surface area contributed by atoms with Crippen LogP contribution in [0.1, 0.15) is 296 Å². The molecule has 0 radical (unpaired) electrons. The predicted octanol–water partition coefficient (Wildman–Crippen LogP) is 15.5. The number of aliphatic hydroxyl groups is 5. The maximum Gasteiger partial charge on any atom is 0.220 e. The molecule has 1 amide bonds. The molecule has 71 heavy (non-hydrogen) atoms. The van der Waals surface area contributed by atoms with E-state index >= 15 is 0 Å². The minimum absolute atomic E-state index is 0.186. The molecule has 0 aromatic rings. The van der Waals surface area contributed by atoms with Crippen LogP contribution in [0.5, 0.6) is 0 Å². The van der Waals surface area contributed by atoms with Gasteiger partial charge < -0.3 is 40.3 Å². The number of ether oxygens (including phenoxy) is 2. The molecule has 1 aliphatic heterocycles. The monoisotopic (exact) mass is 1000 g/mol. The van der Waals surface area contributed by atoms with Crippen LogP contribution in [0.3, 0.4) is 0 Å². The molecule has 1 saturated heterocycles. The average molecular weight is 1000 g/mol. The van der Waals surface area contributed by atoms with E-state index in [1.54, 1.807) is 6.08 Å². The van der Waals surface area contributed by atoms with Gasteiger partial charge in [0.1, 0.15) is 24.4 Å². The summed E-state index contributed by atoms with van der Waals surface area (Å²) in [6, 6.07) is -0.826. The first-order valence-electron chi connectivity index (χ1n) is 30.7. The number of hydrogen-bond donors (Lipinski definition) is 6. The van der Waals surface area contributed by atoms with Gasteiger partial charge in [-0.2, -0.15) is 0 Å². The van der Waals surface area contributed by atoms with Crippen LogP contribution in [0.25, 0.3) is 0 Å². The van der Waals surface area contributed by atoms with Gasteiger partial charge in [0, 0.05) is 6.42 Å². The quantitative estimate of drug-likeness (QED) is 0.0261. The fraction of sp³-hybridized carbons (Fsp3) is 0.887. The summed E-state index contributed by atoms with van der Waals surface area (Å²) in [7, 11) is 0. The molecule has 7 atom stereocenters. The summed E-state index contributed by atoms with van der Waals surface area (Å²) in [5.74, 6) is -0.186. The van der Waals surface area contributed by atoms with Crippen LogP contribution in [0.4, 0.5) is 0 Å². The Bertz CT molecular complexity index is 1210. The summed E-state index contributed by atoms with van der Waals surface area (Å²) < 4.78 is 11.3. The highest BCUT2D eigenvalue weighted by Gasteiger charge is 2.44. The summed E-state index contributed by atoms with van der Waals surface area (Å²) >= 11 is 0. The van der Waals surface area contributed by atoms with Crippen molar-refractivity contribution in [3.05, 3.63) is 36.5 Å². The Balaban J connectivity index is 2.20. The molecular weight excluding hydrogens is 887 g/mol. The highest BCUT2D eigenvalue weighted by molar-refractivity contribution is 5.76. The van der Waals surface area contributed by atoms with Crippen LogP contribution in [0, 0.1) is 0 Å². The van der Waals surface area contributed by atoms with Gasteiger partial charge in [-0.05, 0) is 44.9 Å². The number of rotatable bonds is 53. The van der Waals surface area contributed by atoms with E-state index in [4.69, 9.17) is 9.47 Å². The number of amides is 1. The number of nitrogens with one attached hydrogen (secondary N) is 1. The Morgan fingerprint density at radius 3 is 1.18 bits per heavy atom. The summed E-state index contributed by atoms with van der Waals surface area (Å²) in [5.41, 5.74) is 0. The molecule has 0 spiro atoms. The van der Waals surface area contributed by atoms with Gasteiger partial charge in [0.05, 0.1) is 25.4 Å². The smallest absolute Gasteiger partial charge is 0.220 e. The Labute approximate surface area is 438 Å². The molecule has 6 N–H and O–H groups in total. The van der Waals surface area contributed by atoms with Gasteiger partial charge in [-0.25, -0.2) is 0 Å². The van der Waals surface area contributed by atoms with Crippen molar-refractivity contribution in [1.29, 1.82) is 0 Å². The van der Waals surface area contributed by atoms with Crippen LogP contribution in [-0.2, 0) is 14.3 Å². The van der Waals surface area contributed by atoms with Gasteiger partial charge in [-0.1, -0.05) is 281 Å². The molecular formula is C62H117NO8. The third kappa shape index (κ3) is 41.4. The third-order valence-electron chi connectivity index (χ3n) is 14.7. The second-order valence-corrected chi connectivity index (χ2v) is 21.5. The van der Waals surface area contributed by atoms with E-state index < -0.39 is 49.5 Å². The van der Waals surface area contributed by atoms with Crippen LogP contribution in [0.2, 0.25) is 0 Å². The Morgan fingerprint density at radius 1 is 0.465 bits per heavy atom. The lowest BCUT2D eigenvalue weighted by Gasteiger charge is -2.40. The molecule has 1 fully saturated rings. The first-order valence-corrected chi connectivity index (χ1v) is 30.7. The number of carbonyl (C=O) groups is 1. The molecule has 0 saturated carbocycles. The van der Waals surface area contributed by atoms with Crippen molar-refractivity contribution in [3.8, 4) is 0 Å². The first-order chi connectivity index (χ1) is 34.8. The Kier molecular flexibility index (Phi) is 49.3. The number of hydrogen-bond acceptors (Lipinski definition) is 8. The van der Waals surface area contributed by atoms with Crippen LogP contribution >= 0.6 is 0 Å². The highest BCUT2D eigenvalue weighted by atomic mass is 16.7. The van der Waals surface area contributed by atoms with E-state index in [1.165, 1.54) is 231 Å². The van der Waals surface area contributed by atoms with Crippen molar-refractivity contribution in [2.45, 2.75) is 339 Å². The zero-order valence-corrected chi connectivity index (χ0v) is 46.5. The maximum atomic E-state index is 13.0. The Morgan fingerprint density at radius 2 is 0.803 bits per heavy atom. The van der Waals surface area contributed by atoms with Gasteiger partial charge >= 0.3 is 0 Å². The van der Waals surface area contributed by atoms with Crippen molar-refractivity contribution in [3.63, 3.8) is 0 Å². The van der Waals surface area contributed by atoms with Gasteiger partial charge in [-0.15, -0.1) is 0 Å². The second kappa shape index (κ2) is 51.9. The van der Waals surface area contributed by atoms with Crippen molar-refractivity contribution < 1.29 is 39.8 Å². The lowest BCUT2D eigenvalue weighted by atomic mass is 9.99. The fourth-order valence-electron chi connectivity index (χ4n) is 9.84. The fourth-order valence-corrected chi connectivity index (χ4v) is 9.84. The standard InChI is InChI=1S/C62H117NO8/c1-3-5-7-9-11-13-15-17-19-21-22-23-24-25-26-27-28-29-30-31-32-33-34-36-37-39-41-43-45-47-49-51-56(65)55(54-70-62-61(69)60(68)59(67)57(53-64)71-62)63-58(66)52-50-48-46-44-42-40-38-35-20-18-16-14-12-10-8-6-4-2/h34,36,41,43,49,51,55-57,59-62,64-65,67-69H,3-33,35,37-40,42,44-48,50,52-54H2,1-2H3,(H,63,66)/b36-34+,43-41+,51-49+. The van der Waals surface area contributed by atoms with E-state index in [9.17, 15) is 30.3 Å². The molecule has 9 nitrogen and oxygen atoms in total. The summed E-state index contributed by atoms with van der Waals surface area (Å²) in [6.45, 7) is 3.79. The third-order valence-corrected chi connectivity index (χ3v) is 14.7. The molecule has 1 heterocycles. The number of carbonyl (C=O) groups excluding carboxylic acids is 1. The van der Waals surface area contributed by atoms with E-state index in [-0.39, 0.29) is 12.5 Å². The Hall–Kier alpha value is -1.59. The van der Waals surface area contributed by atoms with Crippen molar-refractivity contribution in [1.82, 2.24) is 5.32 Å². The van der Waals surface area contributed by atoms with Crippen LogP contribution in [0.15, 0.2) is 36.5 Å². The SMILES string of the molecule is CCCCCCCCCCCCCCCCCCCCCCC/C=C/CC/C=C/CC/C=C/C(O)C(COC1OC(CO)C(O)C(O)C1O)NC(=O)CCCCCCCCCCCCCCCCCCC. The molecule has 9 heteroatoms. The van der Waals surface area contributed by atoms with E-state index in [2.05, 4.69) is 43.5 Å². The van der Waals surface area contributed by atoms with Gasteiger partial charge in [-0.3, -0.25) is 4.79 Å².